The summed E-state index contributed by atoms with van der Waals surface area (Å²) >= 11 is 0. The Hall–Kier alpha value is -2.47. The van der Waals surface area contributed by atoms with Crippen LogP contribution in [-0.2, 0) is 17.4 Å². The summed E-state index contributed by atoms with van der Waals surface area (Å²) in [5.74, 6) is 0.724. The zero-order valence-electron chi connectivity index (χ0n) is 13.7. The molecule has 1 aromatic carbocycles. The zero-order chi connectivity index (χ0) is 16.3. The van der Waals surface area contributed by atoms with Crippen molar-refractivity contribution in [2.45, 2.75) is 18.9 Å². The van der Waals surface area contributed by atoms with Gasteiger partial charge in [-0.05, 0) is 12.0 Å². The molecule has 1 N–H and O–H groups in total. The van der Waals surface area contributed by atoms with Crippen molar-refractivity contribution in [1.29, 1.82) is 0 Å². The molecule has 23 heavy (non-hydrogen) atoms. The molecule has 0 aliphatic rings. The van der Waals surface area contributed by atoms with Crippen molar-refractivity contribution in [3.05, 3.63) is 48.5 Å². The second-order valence-corrected chi connectivity index (χ2v) is 5.52. The van der Waals surface area contributed by atoms with Crippen LogP contribution in [0.5, 0.6) is 0 Å². The molecule has 6 nitrogen and oxygen atoms in total. The number of fused-ring (bicyclic) bond motifs is 1. The molecule has 120 valence electrons. The average Bonchev–Trinajstić information content (AvgIpc) is 2.99. The summed E-state index contributed by atoms with van der Waals surface area (Å²) in [7, 11) is 3.66. The number of rotatable bonds is 6. The minimum atomic E-state index is -0.409. The molecule has 0 aliphatic heterocycles. The van der Waals surface area contributed by atoms with Crippen LogP contribution in [0.4, 0.5) is 5.82 Å². The van der Waals surface area contributed by atoms with Gasteiger partial charge in [-0.2, -0.15) is 0 Å². The van der Waals surface area contributed by atoms with Crippen LogP contribution >= 0.6 is 0 Å². The fourth-order valence-electron chi connectivity index (χ4n) is 2.81. The third kappa shape index (κ3) is 2.77. The molecular weight excluding hydrogens is 290 g/mol. The molecule has 0 aliphatic carbocycles. The first kappa shape index (κ1) is 15.4. The smallest absolute Gasteiger partial charge is 0.165 e. The molecule has 1 unspecified atom stereocenters. The van der Waals surface area contributed by atoms with Gasteiger partial charge in [-0.3, -0.25) is 0 Å². The van der Waals surface area contributed by atoms with Crippen LogP contribution in [0.1, 0.15) is 18.9 Å². The van der Waals surface area contributed by atoms with Gasteiger partial charge in [-0.15, -0.1) is 0 Å². The van der Waals surface area contributed by atoms with Crippen LogP contribution in [-0.4, -0.2) is 33.2 Å². The summed E-state index contributed by atoms with van der Waals surface area (Å²) in [5.41, 5.74) is 2.31. The van der Waals surface area contributed by atoms with E-state index in [1.807, 2.05) is 29.8 Å². The Morgan fingerprint density at radius 2 is 1.96 bits per heavy atom. The topological polar surface area (TPSA) is 64.9 Å². The maximum Gasteiger partial charge on any atom is 0.165 e. The molecule has 3 aromatic rings. The second-order valence-electron chi connectivity index (χ2n) is 5.52. The lowest BCUT2D eigenvalue weighted by molar-refractivity contribution is -0.00668. The van der Waals surface area contributed by atoms with Gasteiger partial charge in [0.05, 0.1) is 6.33 Å². The van der Waals surface area contributed by atoms with Crippen molar-refractivity contribution in [1.82, 2.24) is 19.5 Å². The first-order valence-electron chi connectivity index (χ1n) is 7.67. The number of hydrogen-bond donors (Lipinski definition) is 1. The summed E-state index contributed by atoms with van der Waals surface area (Å²) in [6.07, 6.45) is 4.14. The van der Waals surface area contributed by atoms with Gasteiger partial charge in [0.1, 0.15) is 17.4 Å². The number of nitrogens with zero attached hydrogens (tertiary/aromatic N) is 4. The van der Waals surface area contributed by atoms with Crippen LogP contribution in [0.3, 0.4) is 0 Å². The molecule has 0 radical (unpaired) electrons. The first-order chi connectivity index (χ1) is 11.2. The highest BCUT2D eigenvalue weighted by molar-refractivity contribution is 5.82. The third-order valence-electron chi connectivity index (χ3n) is 4.30. The van der Waals surface area contributed by atoms with Crippen molar-refractivity contribution in [2.24, 2.45) is 7.05 Å². The van der Waals surface area contributed by atoms with E-state index in [0.29, 0.717) is 6.54 Å². The number of benzene rings is 1. The van der Waals surface area contributed by atoms with Crippen molar-refractivity contribution in [2.75, 3.05) is 19.0 Å². The van der Waals surface area contributed by atoms with Gasteiger partial charge in [0, 0.05) is 20.7 Å². The van der Waals surface area contributed by atoms with Crippen LogP contribution in [0.25, 0.3) is 11.2 Å². The van der Waals surface area contributed by atoms with Crippen LogP contribution in [0.2, 0.25) is 0 Å². The minimum absolute atomic E-state index is 0.409. The van der Waals surface area contributed by atoms with E-state index >= 15 is 0 Å². The highest BCUT2D eigenvalue weighted by Gasteiger charge is 2.30. The van der Waals surface area contributed by atoms with Crippen molar-refractivity contribution < 1.29 is 4.74 Å². The number of hydrogen-bond acceptors (Lipinski definition) is 5. The third-order valence-corrected chi connectivity index (χ3v) is 4.30. The molecule has 2 aromatic heterocycles. The monoisotopic (exact) mass is 311 g/mol. The lowest BCUT2D eigenvalue weighted by atomic mass is 9.90. The van der Waals surface area contributed by atoms with E-state index in [4.69, 9.17) is 4.74 Å². The molecular formula is C17H21N5O. The Morgan fingerprint density at radius 3 is 2.65 bits per heavy atom. The number of imidazole rings is 1. The standard InChI is InChI=1S/C17H21N5O/c1-4-17(23-3,13-8-6-5-7-9-13)10-18-15-14-16(20-11-19-15)22(2)12-21-14/h5-9,11-12H,4,10H2,1-3H3,(H,18,19,20). The van der Waals surface area contributed by atoms with Gasteiger partial charge >= 0.3 is 0 Å². The summed E-state index contributed by atoms with van der Waals surface area (Å²) < 4.78 is 7.76. The highest BCUT2D eigenvalue weighted by atomic mass is 16.5. The summed E-state index contributed by atoms with van der Waals surface area (Å²) in [4.78, 5) is 13.0. The van der Waals surface area contributed by atoms with Crippen LogP contribution < -0.4 is 5.32 Å². The van der Waals surface area contributed by atoms with E-state index in [2.05, 4.69) is 39.3 Å². The zero-order valence-corrected chi connectivity index (χ0v) is 13.7. The van der Waals surface area contributed by atoms with Gasteiger partial charge in [-0.1, -0.05) is 37.3 Å². The normalized spacial score (nSPS) is 13.9. The fourth-order valence-corrected chi connectivity index (χ4v) is 2.81. The Bertz CT molecular complexity index is 780. The molecule has 0 saturated heterocycles. The summed E-state index contributed by atoms with van der Waals surface area (Å²) in [6.45, 7) is 2.72. The van der Waals surface area contributed by atoms with Gasteiger partial charge in [-0.25, -0.2) is 15.0 Å². The van der Waals surface area contributed by atoms with Gasteiger partial charge in [0.25, 0.3) is 0 Å². The van der Waals surface area contributed by atoms with E-state index in [0.717, 1.165) is 29.0 Å². The van der Waals surface area contributed by atoms with Crippen molar-refractivity contribution in [3.63, 3.8) is 0 Å². The van der Waals surface area contributed by atoms with Crippen LogP contribution in [0, 0.1) is 0 Å². The molecule has 0 saturated carbocycles. The molecule has 3 rings (SSSR count). The number of ether oxygens (including phenoxy) is 1. The highest BCUT2D eigenvalue weighted by Crippen LogP contribution is 2.29. The quantitative estimate of drug-likeness (QED) is 0.758. The predicted octanol–water partition coefficient (Wildman–Crippen LogP) is 2.73. The van der Waals surface area contributed by atoms with Crippen molar-refractivity contribution >= 4 is 17.0 Å². The molecule has 0 amide bonds. The molecule has 1 atom stereocenters. The summed E-state index contributed by atoms with van der Waals surface area (Å²) in [5, 5.41) is 3.39. The SMILES string of the molecule is CCC(CNc1ncnc2c1ncn2C)(OC)c1ccccc1. The number of nitrogens with one attached hydrogen (secondary N) is 1. The van der Waals surface area contributed by atoms with Gasteiger partial charge < -0.3 is 14.6 Å². The number of aromatic nitrogens is 4. The van der Waals surface area contributed by atoms with E-state index in [1.165, 1.54) is 0 Å². The average molecular weight is 311 g/mol. The van der Waals surface area contributed by atoms with Crippen LogP contribution in [0.15, 0.2) is 43.0 Å². The molecule has 0 bridgehead atoms. The van der Waals surface area contributed by atoms with Gasteiger partial charge in [0.2, 0.25) is 0 Å². The predicted molar refractivity (Wildman–Crippen MR) is 90.2 cm³/mol. The maximum atomic E-state index is 5.88. The van der Waals surface area contributed by atoms with Gasteiger partial charge in [0.15, 0.2) is 11.5 Å². The molecule has 0 fully saturated rings. The molecule has 6 heteroatoms. The van der Waals surface area contributed by atoms with E-state index < -0.39 is 5.60 Å². The fraction of sp³-hybridized carbons (Fsp3) is 0.353. The Morgan fingerprint density at radius 1 is 1.17 bits per heavy atom. The number of anilines is 1. The summed E-state index contributed by atoms with van der Waals surface area (Å²) in [6, 6.07) is 10.2. The van der Waals surface area contributed by atoms with E-state index in [1.54, 1.807) is 19.8 Å². The lowest BCUT2D eigenvalue weighted by Gasteiger charge is -2.32. The van der Waals surface area contributed by atoms with E-state index in [-0.39, 0.29) is 0 Å². The second kappa shape index (κ2) is 6.34. The lowest BCUT2D eigenvalue weighted by Crippen LogP contribution is -2.36. The Kier molecular flexibility index (Phi) is 4.25. The largest absolute Gasteiger partial charge is 0.372 e. The first-order valence-corrected chi connectivity index (χ1v) is 7.67. The van der Waals surface area contributed by atoms with Crippen molar-refractivity contribution in [3.8, 4) is 0 Å². The Balaban J connectivity index is 1.90. The number of aryl methyl sites for hydroxylation is 1. The molecule has 0 spiro atoms. The Labute approximate surface area is 135 Å². The van der Waals surface area contributed by atoms with E-state index in [9.17, 15) is 0 Å². The maximum absolute atomic E-state index is 5.88. The molecule has 2 heterocycles. The number of methoxy groups -OCH3 is 1. The minimum Gasteiger partial charge on any atom is -0.372 e.